The second-order valence-corrected chi connectivity index (χ2v) is 5.53. The molecular weight excluding hydrogens is 252 g/mol. The van der Waals surface area contributed by atoms with Gasteiger partial charge in [0.25, 0.3) is 5.01 Å². The van der Waals surface area contributed by atoms with Crippen LogP contribution in [0, 0.1) is 0 Å². The van der Waals surface area contributed by atoms with Gasteiger partial charge < -0.3 is 5.73 Å². The fraction of sp³-hybridized carbons (Fsp3) is 0.0625. The molecule has 0 radical (unpaired) electrons. The van der Waals surface area contributed by atoms with Crippen LogP contribution in [-0.4, -0.2) is 0 Å². The molecule has 0 unspecified atom stereocenters. The third-order valence-electron chi connectivity index (χ3n) is 3.13. The van der Waals surface area contributed by atoms with Gasteiger partial charge in [-0.2, -0.15) is 4.57 Å². The van der Waals surface area contributed by atoms with E-state index in [4.69, 9.17) is 5.73 Å². The van der Waals surface area contributed by atoms with E-state index in [0.717, 1.165) is 11.3 Å². The zero-order valence-electron chi connectivity index (χ0n) is 10.7. The molecule has 0 amide bonds. The Morgan fingerprint density at radius 2 is 1.74 bits per heavy atom. The number of anilines is 1. The van der Waals surface area contributed by atoms with Gasteiger partial charge in [0, 0.05) is 17.8 Å². The average molecular weight is 267 g/mol. The molecule has 0 aliphatic heterocycles. The van der Waals surface area contributed by atoms with E-state index >= 15 is 0 Å². The first-order chi connectivity index (χ1) is 9.24. The molecule has 0 aliphatic carbocycles. The minimum Gasteiger partial charge on any atom is -0.399 e. The number of nitrogens with two attached hydrogens (primary N) is 1. The predicted octanol–water partition coefficient (Wildman–Crippen LogP) is 3.48. The van der Waals surface area contributed by atoms with Crippen LogP contribution in [0.2, 0.25) is 0 Å². The molecule has 2 N–H and O–H groups in total. The third kappa shape index (κ3) is 2.37. The lowest BCUT2D eigenvalue weighted by Gasteiger charge is -1.93. The number of hydrogen-bond donors (Lipinski definition) is 1. The lowest BCUT2D eigenvalue weighted by molar-refractivity contribution is -0.642. The number of rotatable bonds is 2. The van der Waals surface area contributed by atoms with Crippen LogP contribution in [0.15, 0.2) is 48.5 Å². The summed E-state index contributed by atoms with van der Waals surface area (Å²) < 4.78 is 3.52. The van der Waals surface area contributed by atoms with Crippen molar-refractivity contribution >= 4 is 39.4 Å². The Morgan fingerprint density at radius 1 is 1.00 bits per heavy atom. The molecule has 0 saturated heterocycles. The smallest absolute Gasteiger partial charge is 0.262 e. The highest BCUT2D eigenvalue weighted by Gasteiger charge is 2.12. The summed E-state index contributed by atoms with van der Waals surface area (Å²) in [4.78, 5) is 0. The molecule has 3 rings (SSSR count). The van der Waals surface area contributed by atoms with Crippen molar-refractivity contribution in [3.63, 3.8) is 0 Å². The number of hydrogen-bond acceptors (Lipinski definition) is 2. The molecule has 0 atom stereocenters. The number of nitrogens with zero attached hydrogens (tertiary/aromatic N) is 1. The van der Waals surface area contributed by atoms with Crippen molar-refractivity contribution in [2.45, 2.75) is 0 Å². The van der Waals surface area contributed by atoms with Crippen LogP contribution < -0.4 is 10.3 Å². The summed E-state index contributed by atoms with van der Waals surface area (Å²) in [7, 11) is 2.10. The van der Waals surface area contributed by atoms with Crippen LogP contribution in [0.25, 0.3) is 22.4 Å². The van der Waals surface area contributed by atoms with E-state index in [2.05, 4.69) is 48.0 Å². The van der Waals surface area contributed by atoms with Gasteiger partial charge in [-0.25, -0.2) is 0 Å². The van der Waals surface area contributed by atoms with Crippen LogP contribution in [-0.2, 0) is 7.05 Å². The van der Waals surface area contributed by atoms with E-state index < -0.39 is 0 Å². The van der Waals surface area contributed by atoms with Crippen molar-refractivity contribution in [3.8, 4) is 0 Å². The molecule has 1 aromatic heterocycles. The Hall–Kier alpha value is -2.13. The molecule has 94 valence electrons. The summed E-state index contributed by atoms with van der Waals surface area (Å²) in [6, 6.07) is 16.3. The standard InChI is InChI=1S/C16H14N2S/c1-18-14-4-2-3-5-15(14)19-16(18)11-8-12-6-9-13(17)10-7-12/h2-11,17H,1H3/p+1. The minimum atomic E-state index is 0.796. The lowest BCUT2D eigenvalue weighted by atomic mass is 10.2. The lowest BCUT2D eigenvalue weighted by Crippen LogP contribution is -2.28. The molecule has 0 spiro atoms. The van der Waals surface area contributed by atoms with Crippen LogP contribution in [0.4, 0.5) is 5.69 Å². The predicted molar refractivity (Wildman–Crippen MR) is 82.8 cm³/mol. The first kappa shape index (κ1) is 11.9. The molecule has 3 aromatic rings. The second-order valence-electron chi connectivity index (χ2n) is 4.47. The third-order valence-corrected chi connectivity index (χ3v) is 4.31. The molecule has 0 saturated carbocycles. The van der Waals surface area contributed by atoms with Crippen LogP contribution in [0.5, 0.6) is 0 Å². The van der Waals surface area contributed by atoms with Gasteiger partial charge in [-0.1, -0.05) is 35.6 Å². The quantitative estimate of drug-likeness (QED) is 0.559. The summed E-state index contributed by atoms with van der Waals surface area (Å²) in [6.07, 6.45) is 4.26. The van der Waals surface area contributed by atoms with Gasteiger partial charge in [0.15, 0.2) is 0 Å². The van der Waals surface area contributed by atoms with Crippen molar-refractivity contribution in [3.05, 3.63) is 59.1 Å². The van der Waals surface area contributed by atoms with Crippen LogP contribution in [0.1, 0.15) is 10.6 Å². The van der Waals surface area contributed by atoms with Crippen molar-refractivity contribution in [2.75, 3.05) is 5.73 Å². The summed E-state index contributed by atoms with van der Waals surface area (Å²) in [5, 5.41) is 1.23. The van der Waals surface area contributed by atoms with Gasteiger partial charge in [0.05, 0.1) is 0 Å². The first-order valence-corrected chi connectivity index (χ1v) is 6.97. The van der Waals surface area contributed by atoms with E-state index in [1.807, 2.05) is 24.3 Å². The van der Waals surface area contributed by atoms with Gasteiger partial charge in [-0.05, 0) is 29.8 Å². The number of fused-ring (bicyclic) bond motifs is 1. The summed E-state index contributed by atoms with van der Waals surface area (Å²) in [5.41, 5.74) is 8.91. The molecule has 1 heterocycles. The average Bonchev–Trinajstić information content (AvgIpc) is 2.76. The molecule has 0 bridgehead atoms. The maximum atomic E-state index is 5.68. The van der Waals surface area contributed by atoms with E-state index in [9.17, 15) is 0 Å². The Morgan fingerprint density at radius 3 is 2.47 bits per heavy atom. The van der Waals surface area contributed by atoms with Gasteiger partial charge >= 0.3 is 0 Å². The number of thiazole rings is 1. The number of aromatic nitrogens is 1. The van der Waals surface area contributed by atoms with Gasteiger partial charge in [0.1, 0.15) is 11.7 Å². The molecule has 3 heteroatoms. The molecule has 2 aromatic carbocycles. The highest BCUT2D eigenvalue weighted by atomic mass is 32.1. The number of benzene rings is 2. The minimum absolute atomic E-state index is 0.796. The van der Waals surface area contributed by atoms with Gasteiger partial charge in [0.2, 0.25) is 5.52 Å². The van der Waals surface area contributed by atoms with E-state index in [0.29, 0.717) is 0 Å². The maximum Gasteiger partial charge on any atom is 0.262 e. The number of aryl methyl sites for hydroxylation is 1. The second kappa shape index (κ2) is 4.86. The molecular formula is C16H15N2S+. The van der Waals surface area contributed by atoms with Crippen molar-refractivity contribution < 1.29 is 4.57 Å². The molecule has 0 fully saturated rings. The van der Waals surface area contributed by atoms with Crippen molar-refractivity contribution in [1.29, 1.82) is 0 Å². The van der Waals surface area contributed by atoms with Crippen LogP contribution >= 0.6 is 11.3 Å². The topological polar surface area (TPSA) is 29.9 Å². The summed E-state index contributed by atoms with van der Waals surface area (Å²) in [6.45, 7) is 0. The first-order valence-electron chi connectivity index (χ1n) is 6.15. The van der Waals surface area contributed by atoms with Crippen LogP contribution in [0.3, 0.4) is 0 Å². The highest BCUT2D eigenvalue weighted by Crippen LogP contribution is 2.21. The Bertz CT molecular complexity index is 739. The summed E-state index contributed by atoms with van der Waals surface area (Å²) >= 11 is 1.80. The fourth-order valence-electron chi connectivity index (χ4n) is 2.04. The van der Waals surface area contributed by atoms with Gasteiger partial charge in [-0.3, -0.25) is 0 Å². The Labute approximate surface area is 116 Å². The van der Waals surface area contributed by atoms with Gasteiger partial charge in [-0.15, -0.1) is 0 Å². The molecule has 0 aliphatic rings. The maximum absolute atomic E-state index is 5.68. The monoisotopic (exact) mass is 267 g/mol. The highest BCUT2D eigenvalue weighted by molar-refractivity contribution is 7.18. The largest absolute Gasteiger partial charge is 0.399 e. The van der Waals surface area contributed by atoms with E-state index in [1.165, 1.54) is 15.2 Å². The zero-order valence-corrected chi connectivity index (χ0v) is 11.5. The number of para-hydroxylation sites is 1. The van der Waals surface area contributed by atoms with Crippen molar-refractivity contribution in [1.82, 2.24) is 0 Å². The van der Waals surface area contributed by atoms with Crippen molar-refractivity contribution in [2.24, 2.45) is 7.05 Å². The molecule has 2 nitrogen and oxygen atoms in total. The normalized spacial score (nSPS) is 11.4. The Balaban J connectivity index is 1.97. The Kier molecular flexibility index (Phi) is 3.05. The van der Waals surface area contributed by atoms with E-state index in [-0.39, 0.29) is 0 Å². The molecule has 19 heavy (non-hydrogen) atoms. The SMILES string of the molecule is C[n+]1c(C=Cc2ccc(N)cc2)sc2ccccc21. The zero-order chi connectivity index (χ0) is 13.2. The fourth-order valence-corrected chi connectivity index (χ4v) is 3.09. The van der Waals surface area contributed by atoms with E-state index in [1.54, 1.807) is 11.3 Å². The summed E-state index contributed by atoms with van der Waals surface area (Å²) in [5.74, 6) is 0. The number of nitrogen functional groups attached to an aromatic ring is 1.